The van der Waals surface area contributed by atoms with Gasteiger partial charge in [0.15, 0.2) is 0 Å². The van der Waals surface area contributed by atoms with Crippen LogP contribution in [0.15, 0.2) is 12.1 Å². The third-order valence-electron chi connectivity index (χ3n) is 3.71. The second kappa shape index (κ2) is 4.72. The fraction of sp³-hybridized carbons (Fsp3) is 0.462. The number of aromatic nitrogens is 2. The Morgan fingerprint density at radius 3 is 2.67 bits per heavy atom. The summed E-state index contributed by atoms with van der Waals surface area (Å²) in [4.78, 5) is 7.94. The zero-order chi connectivity index (χ0) is 12.7. The van der Waals surface area contributed by atoms with E-state index < -0.39 is 0 Å². The van der Waals surface area contributed by atoms with E-state index in [1.807, 2.05) is 6.07 Å². The van der Waals surface area contributed by atoms with Crippen LogP contribution in [0.3, 0.4) is 0 Å². The maximum absolute atomic E-state index is 6.18. The summed E-state index contributed by atoms with van der Waals surface area (Å²) >= 11 is 12.0. The number of rotatable bonds is 1. The molecule has 18 heavy (non-hydrogen) atoms. The number of fused-ring (bicyclic) bond motifs is 1. The van der Waals surface area contributed by atoms with Crippen molar-refractivity contribution >= 4 is 34.2 Å². The van der Waals surface area contributed by atoms with Gasteiger partial charge in [0.1, 0.15) is 5.82 Å². The SMILES string of the molecule is NC1CCCCC1c1nc2cc(Cl)c(Cl)cc2[nH]1. The van der Waals surface area contributed by atoms with Crippen LogP contribution in [0, 0.1) is 0 Å². The molecule has 3 N–H and O–H groups in total. The lowest BCUT2D eigenvalue weighted by Crippen LogP contribution is -2.31. The van der Waals surface area contributed by atoms with E-state index >= 15 is 0 Å². The predicted octanol–water partition coefficient (Wildman–Crippen LogP) is 3.85. The van der Waals surface area contributed by atoms with Crippen molar-refractivity contribution in [1.82, 2.24) is 9.97 Å². The van der Waals surface area contributed by atoms with Gasteiger partial charge < -0.3 is 10.7 Å². The average molecular weight is 284 g/mol. The molecule has 3 rings (SSSR count). The second-order valence-corrected chi connectivity index (χ2v) is 5.77. The van der Waals surface area contributed by atoms with E-state index in [0.717, 1.165) is 29.7 Å². The van der Waals surface area contributed by atoms with Gasteiger partial charge in [-0.15, -0.1) is 0 Å². The highest BCUT2D eigenvalue weighted by molar-refractivity contribution is 6.42. The van der Waals surface area contributed by atoms with E-state index in [-0.39, 0.29) is 6.04 Å². The van der Waals surface area contributed by atoms with Crippen LogP contribution in [0.4, 0.5) is 0 Å². The van der Waals surface area contributed by atoms with Gasteiger partial charge in [-0.3, -0.25) is 0 Å². The lowest BCUT2D eigenvalue weighted by atomic mass is 9.84. The third kappa shape index (κ3) is 2.11. The molecule has 0 radical (unpaired) electrons. The Hall–Kier alpha value is -0.770. The standard InChI is InChI=1S/C13H15Cl2N3/c14-8-5-11-12(6-9(8)15)18-13(17-11)7-3-1-2-4-10(7)16/h5-7,10H,1-4,16H2,(H,17,18). The van der Waals surface area contributed by atoms with Crippen molar-refractivity contribution in [3.8, 4) is 0 Å². The molecule has 1 aliphatic carbocycles. The van der Waals surface area contributed by atoms with Gasteiger partial charge in [-0.25, -0.2) is 4.98 Å². The quantitative estimate of drug-likeness (QED) is 0.835. The van der Waals surface area contributed by atoms with E-state index in [0.29, 0.717) is 16.0 Å². The normalized spacial score (nSPS) is 24.6. The summed E-state index contributed by atoms with van der Waals surface area (Å²) in [5.74, 6) is 1.29. The van der Waals surface area contributed by atoms with Gasteiger partial charge in [0, 0.05) is 12.0 Å². The van der Waals surface area contributed by atoms with Crippen LogP contribution in [0.5, 0.6) is 0 Å². The van der Waals surface area contributed by atoms with Gasteiger partial charge in [-0.05, 0) is 25.0 Å². The summed E-state index contributed by atoms with van der Waals surface area (Å²) in [7, 11) is 0. The first-order valence-corrected chi connectivity index (χ1v) is 7.01. The van der Waals surface area contributed by atoms with Gasteiger partial charge in [0.2, 0.25) is 0 Å². The van der Waals surface area contributed by atoms with Crippen molar-refractivity contribution in [2.45, 2.75) is 37.6 Å². The van der Waals surface area contributed by atoms with E-state index in [9.17, 15) is 0 Å². The number of nitrogens with one attached hydrogen (secondary N) is 1. The molecule has 96 valence electrons. The van der Waals surface area contributed by atoms with E-state index in [1.54, 1.807) is 6.07 Å². The summed E-state index contributed by atoms with van der Waals surface area (Å²) in [6.07, 6.45) is 4.61. The van der Waals surface area contributed by atoms with Crippen molar-refractivity contribution in [3.63, 3.8) is 0 Å². The molecule has 1 saturated carbocycles. The Morgan fingerprint density at radius 2 is 1.89 bits per heavy atom. The number of hydrogen-bond acceptors (Lipinski definition) is 2. The summed E-state index contributed by atoms with van der Waals surface area (Å²) in [6, 6.07) is 3.82. The largest absolute Gasteiger partial charge is 0.342 e. The Morgan fingerprint density at radius 1 is 1.17 bits per heavy atom. The number of aromatic amines is 1. The Balaban J connectivity index is 2.02. The van der Waals surface area contributed by atoms with Crippen LogP contribution in [0.2, 0.25) is 10.0 Å². The van der Waals surface area contributed by atoms with Crippen LogP contribution in [0.25, 0.3) is 11.0 Å². The van der Waals surface area contributed by atoms with Crippen molar-refractivity contribution in [2.24, 2.45) is 5.73 Å². The minimum atomic E-state index is 0.199. The molecule has 1 aromatic carbocycles. The predicted molar refractivity (Wildman–Crippen MR) is 75.3 cm³/mol. The molecule has 1 heterocycles. The first-order chi connectivity index (χ1) is 8.65. The van der Waals surface area contributed by atoms with E-state index in [1.165, 1.54) is 12.8 Å². The number of halogens is 2. The second-order valence-electron chi connectivity index (χ2n) is 4.96. The molecular weight excluding hydrogens is 269 g/mol. The molecule has 0 amide bonds. The molecule has 2 atom stereocenters. The van der Waals surface area contributed by atoms with Crippen molar-refractivity contribution < 1.29 is 0 Å². The number of nitrogens with zero attached hydrogens (tertiary/aromatic N) is 1. The van der Waals surface area contributed by atoms with Crippen LogP contribution in [-0.4, -0.2) is 16.0 Å². The Kier molecular flexibility index (Phi) is 3.22. The van der Waals surface area contributed by atoms with Crippen LogP contribution in [0.1, 0.15) is 37.4 Å². The third-order valence-corrected chi connectivity index (χ3v) is 4.44. The van der Waals surface area contributed by atoms with Gasteiger partial charge in [0.05, 0.1) is 21.1 Å². The van der Waals surface area contributed by atoms with Gasteiger partial charge in [0.25, 0.3) is 0 Å². The topological polar surface area (TPSA) is 54.7 Å². The number of H-pyrrole nitrogens is 1. The molecule has 5 heteroatoms. The number of hydrogen-bond donors (Lipinski definition) is 2. The number of imidazole rings is 1. The molecule has 1 aliphatic rings. The molecule has 3 nitrogen and oxygen atoms in total. The fourth-order valence-corrected chi connectivity index (χ4v) is 3.02. The van der Waals surface area contributed by atoms with Gasteiger partial charge in [-0.1, -0.05) is 36.0 Å². The highest BCUT2D eigenvalue weighted by Gasteiger charge is 2.26. The van der Waals surface area contributed by atoms with Crippen LogP contribution in [-0.2, 0) is 0 Å². The van der Waals surface area contributed by atoms with Crippen LogP contribution >= 0.6 is 23.2 Å². The molecule has 2 unspecified atom stereocenters. The fourth-order valence-electron chi connectivity index (χ4n) is 2.70. The Bertz CT molecular complexity index is 540. The minimum absolute atomic E-state index is 0.199. The maximum atomic E-state index is 6.18. The minimum Gasteiger partial charge on any atom is -0.342 e. The first kappa shape index (κ1) is 12.3. The Labute approximate surface area is 116 Å². The molecule has 1 aromatic heterocycles. The zero-order valence-electron chi connectivity index (χ0n) is 9.92. The van der Waals surface area contributed by atoms with E-state index in [2.05, 4.69) is 9.97 Å². The lowest BCUT2D eigenvalue weighted by Gasteiger charge is -2.26. The molecule has 0 aliphatic heterocycles. The summed E-state index contributed by atoms with van der Waals surface area (Å²) in [5.41, 5.74) is 7.97. The molecule has 1 fully saturated rings. The van der Waals surface area contributed by atoms with E-state index in [4.69, 9.17) is 28.9 Å². The lowest BCUT2D eigenvalue weighted by molar-refractivity contribution is 0.375. The average Bonchev–Trinajstić information content (AvgIpc) is 2.73. The molecule has 0 bridgehead atoms. The molecule has 2 aromatic rings. The van der Waals surface area contributed by atoms with Gasteiger partial charge in [-0.2, -0.15) is 0 Å². The molecule has 0 spiro atoms. The zero-order valence-corrected chi connectivity index (χ0v) is 11.4. The van der Waals surface area contributed by atoms with Crippen molar-refractivity contribution in [3.05, 3.63) is 28.0 Å². The first-order valence-electron chi connectivity index (χ1n) is 6.25. The maximum Gasteiger partial charge on any atom is 0.111 e. The van der Waals surface area contributed by atoms with Crippen LogP contribution < -0.4 is 5.73 Å². The number of benzene rings is 1. The summed E-state index contributed by atoms with van der Waals surface area (Å²) in [5, 5.41) is 1.09. The molecular formula is C13H15Cl2N3. The highest BCUT2D eigenvalue weighted by Crippen LogP contribution is 2.33. The molecule has 0 saturated heterocycles. The monoisotopic (exact) mass is 283 g/mol. The van der Waals surface area contributed by atoms with Gasteiger partial charge >= 0.3 is 0 Å². The highest BCUT2D eigenvalue weighted by atomic mass is 35.5. The number of nitrogens with two attached hydrogens (primary N) is 1. The van der Waals surface area contributed by atoms with Crippen molar-refractivity contribution in [1.29, 1.82) is 0 Å². The van der Waals surface area contributed by atoms with Crippen molar-refractivity contribution in [2.75, 3.05) is 0 Å². The smallest absolute Gasteiger partial charge is 0.111 e. The summed E-state index contributed by atoms with van der Waals surface area (Å²) in [6.45, 7) is 0. The summed E-state index contributed by atoms with van der Waals surface area (Å²) < 4.78 is 0.